The molecule has 2 aliphatic carbocycles. The van der Waals surface area contributed by atoms with Gasteiger partial charge in [-0.15, -0.1) is 0 Å². The Kier molecular flexibility index (Phi) is 4.31. The molecule has 1 amide bonds. The van der Waals surface area contributed by atoms with Crippen LogP contribution in [0.4, 0.5) is 0 Å². The molecule has 5 atom stereocenters. The molecule has 0 radical (unpaired) electrons. The van der Waals surface area contributed by atoms with Crippen molar-refractivity contribution in [2.45, 2.75) is 71.5 Å². The average Bonchev–Trinajstić information content (AvgIpc) is 2.89. The fourth-order valence-corrected chi connectivity index (χ4v) is 3.91. The van der Waals surface area contributed by atoms with E-state index in [0.717, 1.165) is 17.8 Å². The summed E-state index contributed by atoms with van der Waals surface area (Å²) >= 11 is 0. The predicted octanol–water partition coefficient (Wildman–Crippen LogP) is 2.31. The lowest BCUT2D eigenvalue weighted by molar-refractivity contribution is -0.123. The van der Waals surface area contributed by atoms with Crippen LogP contribution in [0.25, 0.3) is 0 Å². The number of hydrogen-bond donors (Lipinski definition) is 2. The van der Waals surface area contributed by atoms with Crippen LogP contribution < -0.4 is 10.6 Å². The summed E-state index contributed by atoms with van der Waals surface area (Å²) < 4.78 is 0. The molecule has 2 aliphatic rings. The molecular formula is C15H28N2O. The molecule has 0 aromatic heterocycles. The number of amides is 1. The SMILES string of the molecule is CC(C)NC(=O)C(C)NC(C)C1CC2CCC1C2. The molecule has 104 valence electrons. The van der Waals surface area contributed by atoms with Crippen molar-refractivity contribution in [3.05, 3.63) is 0 Å². The second-order valence-electron chi connectivity index (χ2n) is 6.68. The van der Waals surface area contributed by atoms with Crippen LogP contribution in [0.1, 0.15) is 53.4 Å². The van der Waals surface area contributed by atoms with Crippen molar-refractivity contribution in [3.8, 4) is 0 Å². The van der Waals surface area contributed by atoms with Gasteiger partial charge in [0.2, 0.25) is 5.91 Å². The Morgan fingerprint density at radius 2 is 1.83 bits per heavy atom. The Hall–Kier alpha value is -0.570. The first kappa shape index (κ1) is 13.9. The van der Waals surface area contributed by atoms with Crippen LogP contribution in [0.15, 0.2) is 0 Å². The van der Waals surface area contributed by atoms with E-state index in [1.807, 2.05) is 20.8 Å². The van der Waals surface area contributed by atoms with Gasteiger partial charge in [0.05, 0.1) is 6.04 Å². The summed E-state index contributed by atoms with van der Waals surface area (Å²) in [6.45, 7) is 8.24. The van der Waals surface area contributed by atoms with Crippen molar-refractivity contribution in [3.63, 3.8) is 0 Å². The van der Waals surface area contributed by atoms with Crippen LogP contribution in [0.2, 0.25) is 0 Å². The first-order chi connectivity index (χ1) is 8.47. The average molecular weight is 252 g/mol. The molecule has 3 heteroatoms. The smallest absolute Gasteiger partial charge is 0.237 e. The van der Waals surface area contributed by atoms with Crippen LogP contribution in [-0.2, 0) is 4.79 Å². The number of rotatable bonds is 5. The van der Waals surface area contributed by atoms with Crippen molar-refractivity contribution < 1.29 is 4.79 Å². The molecular weight excluding hydrogens is 224 g/mol. The lowest BCUT2D eigenvalue weighted by Gasteiger charge is -2.30. The minimum Gasteiger partial charge on any atom is -0.353 e. The number of carbonyl (C=O) groups is 1. The highest BCUT2D eigenvalue weighted by Gasteiger charge is 2.42. The van der Waals surface area contributed by atoms with Crippen molar-refractivity contribution >= 4 is 5.91 Å². The molecule has 0 aromatic carbocycles. The second kappa shape index (κ2) is 5.60. The monoisotopic (exact) mass is 252 g/mol. The van der Waals surface area contributed by atoms with Crippen LogP contribution in [-0.4, -0.2) is 24.0 Å². The van der Waals surface area contributed by atoms with Crippen molar-refractivity contribution in [1.29, 1.82) is 0 Å². The standard InChI is InChI=1S/C15H28N2O/c1-9(2)16-15(18)11(4)17-10(3)14-8-12-5-6-13(14)7-12/h9-14,17H,5-8H2,1-4H3,(H,16,18). The molecule has 0 heterocycles. The van der Waals surface area contributed by atoms with Gasteiger partial charge >= 0.3 is 0 Å². The van der Waals surface area contributed by atoms with Gasteiger partial charge in [0.15, 0.2) is 0 Å². The molecule has 3 nitrogen and oxygen atoms in total. The van der Waals surface area contributed by atoms with Gasteiger partial charge in [-0.2, -0.15) is 0 Å². The number of nitrogens with one attached hydrogen (secondary N) is 2. The third kappa shape index (κ3) is 3.05. The minimum atomic E-state index is -0.0819. The molecule has 2 rings (SSSR count). The van der Waals surface area contributed by atoms with Crippen LogP contribution in [0.5, 0.6) is 0 Å². The molecule has 0 spiro atoms. The third-order valence-electron chi connectivity index (χ3n) is 4.77. The maximum absolute atomic E-state index is 11.9. The van der Waals surface area contributed by atoms with Gasteiger partial charge in [-0.05, 0) is 64.7 Å². The van der Waals surface area contributed by atoms with Gasteiger partial charge in [0.25, 0.3) is 0 Å². The topological polar surface area (TPSA) is 41.1 Å². The number of hydrogen-bond acceptors (Lipinski definition) is 2. The van der Waals surface area contributed by atoms with E-state index in [1.54, 1.807) is 0 Å². The maximum atomic E-state index is 11.9. The normalized spacial score (nSPS) is 33.7. The minimum absolute atomic E-state index is 0.0819. The van der Waals surface area contributed by atoms with E-state index >= 15 is 0 Å². The van der Waals surface area contributed by atoms with E-state index in [2.05, 4.69) is 17.6 Å². The summed E-state index contributed by atoms with van der Waals surface area (Å²) in [4.78, 5) is 11.9. The Morgan fingerprint density at radius 1 is 1.11 bits per heavy atom. The van der Waals surface area contributed by atoms with E-state index in [0.29, 0.717) is 6.04 Å². The van der Waals surface area contributed by atoms with Crippen molar-refractivity contribution in [2.24, 2.45) is 17.8 Å². The fourth-order valence-electron chi connectivity index (χ4n) is 3.91. The quantitative estimate of drug-likeness (QED) is 0.788. The molecule has 0 saturated heterocycles. The Bertz CT molecular complexity index is 303. The maximum Gasteiger partial charge on any atom is 0.237 e. The lowest BCUT2D eigenvalue weighted by atomic mass is 9.84. The first-order valence-corrected chi connectivity index (χ1v) is 7.53. The summed E-state index contributed by atoms with van der Waals surface area (Å²) in [7, 11) is 0. The molecule has 0 aromatic rings. The van der Waals surface area contributed by atoms with Crippen LogP contribution in [0, 0.1) is 17.8 Å². The summed E-state index contributed by atoms with van der Waals surface area (Å²) in [5.74, 6) is 2.81. The van der Waals surface area contributed by atoms with E-state index in [1.165, 1.54) is 25.7 Å². The van der Waals surface area contributed by atoms with Crippen LogP contribution >= 0.6 is 0 Å². The number of carbonyl (C=O) groups excluding carboxylic acids is 1. The molecule has 2 bridgehead atoms. The largest absolute Gasteiger partial charge is 0.353 e. The Balaban J connectivity index is 1.80. The number of fused-ring (bicyclic) bond motifs is 2. The molecule has 2 N–H and O–H groups in total. The highest BCUT2D eigenvalue weighted by atomic mass is 16.2. The molecule has 2 fully saturated rings. The van der Waals surface area contributed by atoms with E-state index in [9.17, 15) is 4.79 Å². The van der Waals surface area contributed by atoms with Gasteiger partial charge in [-0.1, -0.05) is 6.42 Å². The Morgan fingerprint density at radius 3 is 2.33 bits per heavy atom. The van der Waals surface area contributed by atoms with Crippen molar-refractivity contribution in [1.82, 2.24) is 10.6 Å². The van der Waals surface area contributed by atoms with E-state index in [-0.39, 0.29) is 18.0 Å². The summed E-state index contributed by atoms with van der Waals surface area (Å²) in [6.07, 6.45) is 5.66. The van der Waals surface area contributed by atoms with Crippen molar-refractivity contribution in [2.75, 3.05) is 0 Å². The molecule has 2 saturated carbocycles. The third-order valence-corrected chi connectivity index (χ3v) is 4.77. The van der Waals surface area contributed by atoms with E-state index < -0.39 is 0 Å². The highest BCUT2D eigenvalue weighted by molar-refractivity contribution is 5.81. The lowest BCUT2D eigenvalue weighted by Crippen LogP contribution is -2.50. The summed E-state index contributed by atoms with van der Waals surface area (Å²) in [5.41, 5.74) is 0. The summed E-state index contributed by atoms with van der Waals surface area (Å²) in [5, 5.41) is 6.47. The zero-order chi connectivity index (χ0) is 13.3. The first-order valence-electron chi connectivity index (χ1n) is 7.53. The molecule has 18 heavy (non-hydrogen) atoms. The Labute approximate surface area is 111 Å². The van der Waals surface area contributed by atoms with Gasteiger partial charge < -0.3 is 10.6 Å². The fraction of sp³-hybridized carbons (Fsp3) is 0.933. The van der Waals surface area contributed by atoms with Gasteiger partial charge in [-0.3, -0.25) is 4.79 Å². The second-order valence-corrected chi connectivity index (χ2v) is 6.68. The van der Waals surface area contributed by atoms with Gasteiger partial charge in [-0.25, -0.2) is 0 Å². The molecule has 0 aliphatic heterocycles. The summed E-state index contributed by atoms with van der Waals surface area (Å²) in [6, 6.07) is 0.606. The van der Waals surface area contributed by atoms with Gasteiger partial charge in [0, 0.05) is 12.1 Å². The van der Waals surface area contributed by atoms with Crippen LogP contribution in [0.3, 0.4) is 0 Å². The zero-order valence-corrected chi connectivity index (χ0v) is 12.2. The van der Waals surface area contributed by atoms with Gasteiger partial charge in [0.1, 0.15) is 0 Å². The highest BCUT2D eigenvalue weighted by Crippen LogP contribution is 2.49. The zero-order valence-electron chi connectivity index (χ0n) is 12.2. The predicted molar refractivity (Wildman–Crippen MR) is 74.3 cm³/mol. The van der Waals surface area contributed by atoms with E-state index in [4.69, 9.17) is 0 Å². The molecule has 5 unspecified atom stereocenters.